The van der Waals surface area contributed by atoms with E-state index < -0.39 is 11.8 Å². The van der Waals surface area contributed by atoms with Crippen LogP contribution in [0.25, 0.3) is 0 Å². The minimum atomic E-state index is -0.533. The molecular weight excluding hydrogens is 302 g/mol. The van der Waals surface area contributed by atoms with Gasteiger partial charge in [0.25, 0.3) is 0 Å². The lowest BCUT2D eigenvalue weighted by Gasteiger charge is -2.28. The minimum Gasteiger partial charge on any atom is -0.366 e. The molecular formula is C19H25N3O2. The summed E-state index contributed by atoms with van der Waals surface area (Å²) in [6, 6.07) is 5.32. The van der Waals surface area contributed by atoms with Crippen molar-refractivity contribution in [2.24, 2.45) is 11.7 Å². The van der Waals surface area contributed by atoms with E-state index in [-0.39, 0.29) is 5.91 Å². The van der Waals surface area contributed by atoms with E-state index in [0.29, 0.717) is 23.5 Å². The average Bonchev–Trinajstić information content (AvgIpc) is 2.59. The van der Waals surface area contributed by atoms with Crippen LogP contribution in [0.2, 0.25) is 0 Å². The van der Waals surface area contributed by atoms with Crippen molar-refractivity contribution >= 4 is 11.8 Å². The first-order chi connectivity index (χ1) is 11.5. The first kappa shape index (κ1) is 18.0. The Balaban J connectivity index is 2.44. The average molecular weight is 327 g/mol. The molecule has 1 aliphatic rings. The number of nitrogens with zero attached hydrogens (tertiary/aromatic N) is 2. The number of likely N-dealkylation sites (N-methyl/N-ethyl adjacent to an activating group) is 1. The summed E-state index contributed by atoms with van der Waals surface area (Å²) in [6.45, 7) is 1.88. The van der Waals surface area contributed by atoms with Gasteiger partial charge in [0.15, 0.2) is 6.19 Å². The third-order valence-corrected chi connectivity index (χ3v) is 5.01. The number of amides is 2. The van der Waals surface area contributed by atoms with Gasteiger partial charge in [0, 0.05) is 12.6 Å². The number of carbonyl (C=O) groups excluding carboxylic acids is 2. The molecule has 128 valence electrons. The summed E-state index contributed by atoms with van der Waals surface area (Å²) in [4.78, 5) is 25.8. The van der Waals surface area contributed by atoms with Crippen molar-refractivity contribution in [2.75, 3.05) is 7.05 Å². The van der Waals surface area contributed by atoms with Crippen molar-refractivity contribution in [3.8, 4) is 6.19 Å². The quantitative estimate of drug-likeness (QED) is 0.666. The van der Waals surface area contributed by atoms with E-state index in [9.17, 15) is 9.59 Å². The van der Waals surface area contributed by atoms with Crippen LogP contribution in [0.15, 0.2) is 18.2 Å². The molecule has 0 saturated heterocycles. The molecule has 0 bridgehead atoms. The lowest BCUT2D eigenvalue weighted by atomic mass is 9.78. The molecule has 1 aliphatic carbocycles. The SMILES string of the molecule is Cc1cccc(C(N)=O)c1[C@H](CC1CCCCC1)C(=O)N(C)C#N. The molecule has 0 aliphatic heterocycles. The fourth-order valence-electron chi connectivity index (χ4n) is 3.74. The molecule has 1 atom stereocenters. The number of primary amides is 1. The van der Waals surface area contributed by atoms with E-state index in [1.165, 1.54) is 26.3 Å². The lowest BCUT2D eigenvalue weighted by molar-refractivity contribution is -0.129. The van der Waals surface area contributed by atoms with Gasteiger partial charge in [-0.3, -0.25) is 14.5 Å². The Bertz CT molecular complexity index is 657. The first-order valence-corrected chi connectivity index (χ1v) is 8.52. The number of nitrogens with two attached hydrogens (primary N) is 1. The second-order valence-electron chi connectivity index (χ2n) is 6.69. The van der Waals surface area contributed by atoms with Crippen LogP contribution in [-0.2, 0) is 4.79 Å². The largest absolute Gasteiger partial charge is 0.366 e. The molecule has 24 heavy (non-hydrogen) atoms. The summed E-state index contributed by atoms with van der Waals surface area (Å²) in [6.07, 6.45) is 8.33. The lowest BCUT2D eigenvalue weighted by Crippen LogP contribution is -2.31. The highest BCUT2D eigenvalue weighted by Gasteiger charge is 2.31. The third-order valence-electron chi connectivity index (χ3n) is 5.01. The Kier molecular flexibility index (Phi) is 5.97. The van der Waals surface area contributed by atoms with Crippen molar-refractivity contribution in [3.63, 3.8) is 0 Å². The fourth-order valence-corrected chi connectivity index (χ4v) is 3.74. The molecule has 2 N–H and O–H groups in total. The number of hydrogen-bond acceptors (Lipinski definition) is 3. The molecule has 5 heteroatoms. The number of benzene rings is 1. The van der Waals surface area contributed by atoms with Crippen LogP contribution >= 0.6 is 0 Å². The molecule has 0 aromatic heterocycles. The Morgan fingerprint density at radius 2 is 2.00 bits per heavy atom. The molecule has 1 aromatic rings. The first-order valence-electron chi connectivity index (χ1n) is 8.52. The number of carbonyl (C=O) groups is 2. The summed E-state index contributed by atoms with van der Waals surface area (Å²) < 4.78 is 0. The van der Waals surface area contributed by atoms with Gasteiger partial charge in [-0.2, -0.15) is 5.26 Å². The van der Waals surface area contributed by atoms with Gasteiger partial charge in [0.2, 0.25) is 11.8 Å². The van der Waals surface area contributed by atoms with Crippen LogP contribution in [0.1, 0.15) is 65.9 Å². The topological polar surface area (TPSA) is 87.2 Å². The highest BCUT2D eigenvalue weighted by molar-refractivity contribution is 5.97. The molecule has 0 heterocycles. The van der Waals surface area contributed by atoms with Gasteiger partial charge in [0.05, 0.1) is 5.92 Å². The monoisotopic (exact) mass is 327 g/mol. The highest BCUT2D eigenvalue weighted by atomic mass is 16.2. The van der Waals surface area contributed by atoms with Crippen molar-refractivity contribution in [1.82, 2.24) is 4.90 Å². The normalized spacial score (nSPS) is 16.2. The van der Waals surface area contributed by atoms with Crippen molar-refractivity contribution < 1.29 is 9.59 Å². The van der Waals surface area contributed by atoms with Gasteiger partial charge in [0.1, 0.15) is 0 Å². The molecule has 5 nitrogen and oxygen atoms in total. The molecule has 0 radical (unpaired) electrons. The van der Waals surface area contributed by atoms with Gasteiger partial charge in [-0.05, 0) is 36.5 Å². The van der Waals surface area contributed by atoms with Gasteiger partial charge in [-0.15, -0.1) is 0 Å². The smallest absolute Gasteiger partial charge is 0.249 e. The third kappa shape index (κ3) is 3.94. The zero-order valence-electron chi connectivity index (χ0n) is 14.4. The molecule has 2 rings (SSSR count). The van der Waals surface area contributed by atoms with Crippen LogP contribution < -0.4 is 5.73 Å². The molecule has 2 amide bonds. The number of nitriles is 1. The van der Waals surface area contributed by atoms with Gasteiger partial charge >= 0.3 is 0 Å². The predicted molar refractivity (Wildman–Crippen MR) is 92.0 cm³/mol. The van der Waals surface area contributed by atoms with Crippen LogP contribution in [0.5, 0.6) is 0 Å². The maximum Gasteiger partial charge on any atom is 0.249 e. The standard InChI is InChI=1S/C19H25N3O2/c1-13-7-6-10-15(18(21)23)17(13)16(19(24)22(2)12-20)11-14-8-4-3-5-9-14/h6-7,10,14,16H,3-5,8-9,11H2,1-2H3,(H2,21,23)/t16-/m0/s1. The summed E-state index contributed by atoms with van der Waals surface area (Å²) in [7, 11) is 1.47. The number of hydrogen-bond donors (Lipinski definition) is 1. The maximum atomic E-state index is 12.8. The minimum absolute atomic E-state index is 0.264. The molecule has 0 spiro atoms. The van der Waals surface area contributed by atoms with E-state index >= 15 is 0 Å². The Hall–Kier alpha value is -2.35. The second-order valence-corrected chi connectivity index (χ2v) is 6.69. The van der Waals surface area contributed by atoms with Crippen molar-refractivity contribution in [3.05, 3.63) is 34.9 Å². The maximum absolute atomic E-state index is 12.8. The molecule has 1 fully saturated rings. The highest BCUT2D eigenvalue weighted by Crippen LogP contribution is 2.36. The van der Waals surface area contributed by atoms with E-state index in [1.807, 2.05) is 19.2 Å². The van der Waals surface area contributed by atoms with Crippen LogP contribution in [0, 0.1) is 24.3 Å². The van der Waals surface area contributed by atoms with E-state index in [0.717, 1.165) is 23.3 Å². The molecule has 1 saturated carbocycles. The summed E-state index contributed by atoms with van der Waals surface area (Å²) in [5.74, 6) is -0.851. The zero-order valence-corrected chi connectivity index (χ0v) is 14.4. The Morgan fingerprint density at radius 1 is 1.33 bits per heavy atom. The summed E-state index contributed by atoms with van der Waals surface area (Å²) in [5.41, 5.74) is 7.47. The number of rotatable bonds is 5. The Morgan fingerprint density at radius 3 is 2.58 bits per heavy atom. The van der Waals surface area contributed by atoms with E-state index in [4.69, 9.17) is 11.0 Å². The van der Waals surface area contributed by atoms with Gasteiger partial charge < -0.3 is 5.73 Å². The zero-order chi connectivity index (χ0) is 17.7. The Labute approximate surface area is 143 Å². The van der Waals surface area contributed by atoms with Crippen LogP contribution in [0.4, 0.5) is 0 Å². The van der Waals surface area contributed by atoms with Gasteiger partial charge in [-0.1, -0.05) is 44.2 Å². The van der Waals surface area contributed by atoms with E-state index in [2.05, 4.69) is 0 Å². The molecule has 0 unspecified atom stereocenters. The van der Waals surface area contributed by atoms with Crippen LogP contribution in [-0.4, -0.2) is 23.8 Å². The van der Waals surface area contributed by atoms with Crippen molar-refractivity contribution in [1.29, 1.82) is 5.26 Å². The van der Waals surface area contributed by atoms with E-state index in [1.54, 1.807) is 12.1 Å². The summed E-state index contributed by atoms with van der Waals surface area (Å²) in [5, 5.41) is 9.12. The fraction of sp³-hybridized carbons (Fsp3) is 0.526. The van der Waals surface area contributed by atoms with Gasteiger partial charge in [-0.25, -0.2) is 0 Å². The van der Waals surface area contributed by atoms with Crippen LogP contribution in [0.3, 0.4) is 0 Å². The van der Waals surface area contributed by atoms with Crippen molar-refractivity contribution in [2.45, 2.75) is 51.4 Å². The predicted octanol–water partition coefficient (Wildman–Crippen LogP) is 3.09. The number of aryl methyl sites for hydroxylation is 1. The second kappa shape index (κ2) is 7.96. The summed E-state index contributed by atoms with van der Waals surface area (Å²) >= 11 is 0. The molecule has 1 aromatic carbocycles.